The molecule has 0 spiro atoms. The fourth-order valence-corrected chi connectivity index (χ4v) is 2.45. The van der Waals surface area contributed by atoms with Crippen molar-refractivity contribution in [1.82, 2.24) is 0 Å². The van der Waals surface area contributed by atoms with Crippen LogP contribution in [0.25, 0.3) is 0 Å². The number of nitrogens with one attached hydrogen (secondary N) is 1. The lowest BCUT2D eigenvalue weighted by Gasteiger charge is -2.22. The van der Waals surface area contributed by atoms with Crippen molar-refractivity contribution < 1.29 is 17.4 Å². The maximum Gasteiger partial charge on any atom is 0.380 e. The average molecular weight is 286 g/mol. The molecule has 0 radical (unpaired) electrons. The highest BCUT2D eigenvalue weighted by molar-refractivity contribution is 7.84. The van der Waals surface area contributed by atoms with Gasteiger partial charge >= 0.3 is 10.3 Å². The summed E-state index contributed by atoms with van der Waals surface area (Å²) in [6.07, 6.45) is 5.91. The molecule has 0 aliphatic heterocycles. The first-order chi connectivity index (χ1) is 9.03. The molecule has 2 rings (SSSR count). The van der Waals surface area contributed by atoms with E-state index in [1.807, 2.05) is 0 Å². The third-order valence-electron chi connectivity index (χ3n) is 2.94. The maximum atomic E-state index is 10.8. The SMILES string of the molecule is NS(=O)(=O)Oc1cccc(NOC2CCCCC2)c1. The first-order valence-electron chi connectivity index (χ1n) is 6.27. The largest absolute Gasteiger partial charge is 0.380 e. The third kappa shape index (κ3) is 5.06. The van der Waals surface area contributed by atoms with Gasteiger partial charge in [0.05, 0.1) is 11.8 Å². The normalized spacial score (nSPS) is 17.1. The number of benzene rings is 1. The highest BCUT2D eigenvalue weighted by Gasteiger charge is 2.14. The second-order valence-corrected chi connectivity index (χ2v) is 5.74. The summed E-state index contributed by atoms with van der Waals surface area (Å²) in [4.78, 5) is 5.57. The van der Waals surface area contributed by atoms with Crippen LogP contribution in [0.3, 0.4) is 0 Å². The molecule has 19 heavy (non-hydrogen) atoms. The van der Waals surface area contributed by atoms with Crippen molar-refractivity contribution in [2.24, 2.45) is 5.14 Å². The second-order valence-electron chi connectivity index (χ2n) is 4.58. The molecule has 0 aromatic heterocycles. The summed E-state index contributed by atoms with van der Waals surface area (Å²) in [5.74, 6) is 0.153. The van der Waals surface area contributed by atoms with Crippen molar-refractivity contribution in [1.29, 1.82) is 0 Å². The van der Waals surface area contributed by atoms with Crippen molar-refractivity contribution in [2.75, 3.05) is 5.48 Å². The van der Waals surface area contributed by atoms with Crippen LogP contribution in [0.2, 0.25) is 0 Å². The minimum atomic E-state index is -4.00. The van der Waals surface area contributed by atoms with E-state index in [9.17, 15) is 8.42 Å². The predicted molar refractivity (Wildman–Crippen MR) is 71.8 cm³/mol. The summed E-state index contributed by atoms with van der Waals surface area (Å²) in [6.45, 7) is 0. The lowest BCUT2D eigenvalue weighted by atomic mass is 9.98. The van der Waals surface area contributed by atoms with Crippen molar-refractivity contribution in [2.45, 2.75) is 38.2 Å². The third-order valence-corrected chi connectivity index (χ3v) is 3.37. The fraction of sp³-hybridized carbons (Fsp3) is 0.500. The van der Waals surface area contributed by atoms with Gasteiger partial charge in [-0.15, -0.1) is 0 Å². The zero-order valence-electron chi connectivity index (χ0n) is 10.5. The van der Waals surface area contributed by atoms with Gasteiger partial charge in [-0.05, 0) is 25.0 Å². The molecule has 6 nitrogen and oxygen atoms in total. The molecule has 0 heterocycles. The molecular weight excluding hydrogens is 268 g/mol. The van der Waals surface area contributed by atoms with Crippen LogP contribution in [-0.4, -0.2) is 14.5 Å². The van der Waals surface area contributed by atoms with Crippen LogP contribution < -0.4 is 14.8 Å². The second kappa shape index (κ2) is 6.23. The summed E-state index contributed by atoms with van der Waals surface area (Å²) < 4.78 is 26.2. The van der Waals surface area contributed by atoms with E-state index in [0.29, 0.717) is 5.69 Å². The van der Waals surface area contributed by atoms with E-state index in [-0.39, 0.29) is 11.9 Å². The van der Waals surface area contributed by atoms with Gasteiger partial charge in [-0.1, -0.05) is 25.3 Å². The highest BCUT2D eigenvalue weighted by atomic mass is 32.2. The quantitative estimate of drug-likeness (QED) is 0.807. The van der Waals surface area contributed by atoms with Gasteiger partial charge < -0.3 is 4.18 Å². The monoisotopic (exact) mass is 286 g/mol. The Hall–Kier alpha value is -1.31. The lowest BCUT2D eigenvalue weighted by Crippen LogP contribution is -2.20. The van der Waals surface area contributed by atoms with Crippen molar-refractivity contribution in [3.63, 3.8) is 0 Å². The summed E-state index contributed by atoms with van der Waals surface area (Å²) in [5, 5.41) is 4.81. The van der Waals surface area contributed by atoms with Crippen LogP contribution in [-0.2, 0) is 15.1 Å². The van der Waals surface area contributed by atoms with Crippen LogP contribution in [0.15, 0.2) is 24.3 Å². The summed E-state index contributed by atoms with van der Waals surface area (Å²) in [7, 11) is -4.00. The molecule has 1 aromatic carbocycles. The van der Waals surface area contributed by atoms with E-state index < -0.39 is 10.3 Å². The molecule has 0 bridgehead atoms. The minimum absolute atomic E-state index is 0.153. The van der Waals surface area contributed by atoms with Crippen LogP contribution in [0.1, 0.15) is 32.1 Å². The molecule has 1 saturated carbocycles. The van der Waals surface area contributed by atoms with Gasteiger partial charge in [-0.3, -0.25) is 10.3 Å². The Labute approximate surface area is 113 Å². The van der Waals surface area contributed by atoms with Crippen molar-refractivity contribution >= 4 is 16.0 Å². The Bertz CT molecular complexity index is 512. The van der Waals surface area contributed by atoms with Crippen LogP contribution >= 0.6 is 0 Å². The molecule has 1 fully saturated rings. The number of hydrogen-bond acceptors (Lipinski definition) is 5. The molecule has 7 heteroatoms. The zero-order chi connectivity index (χ0) is 13.7. The van der Waals surface area contributed by atoms with Gasteiger partial charge in [0, 0.05) is 6.07 Å². The molecule has 1 aromatic rings. The molecule has 1 aliphatic carbocycles. The zero-order valence-corrected chi connectivity index (χ0v) is 11.4. The number of nitrogens with two attached hydrogens (primary N) is 1. The molecule has 106 valence electrons. The summed E-state index contributed by atoms with van der Waals surface area (Å²) in [5.41, 5.74) is 3.46. The van der Waals surface area contributed by atoms with E-state index in [0.717, 1.165) is 12.8 Å². The van der Waals surface area contributed by atoms with E-state index in [1.165, 1.54) is 31.4 Å². The molecule has 1 aliphatic rings. The van der Waals surface area contributed by atoms with Gasteiger partial charge in [0.1, 0.15) is 5.75 Å². The fourth-order valence-electron chi connectivity index (χ4n) is 2.08. The Balaban J connectivity index is 1.91. The Morgan fingerprint density at radius 1 is 1.21 bits per heavy atom. The van der Waals surface area contributed by atoms with E-state index >= 15 is 0 Å². The van der Waals surface area contributed by atoms with Crippen LogP contribution in [0.5, 0.6) is 5.75 Å². The van der Waals surface area contributed by atoms with Gasteiger partial charge in [0.2, 0.25) is 0 Å². The van der Waals surface area contributed by atoms with Crippen molar-refractivity contribution in [3.8, 4) is 5.75 Å². The summed E-state index contributed by atoms with van der Waals surface area (Å²) >= 11 is 0. The van der Waals surface area contributed by atoms with Gasteiger partial charge in [0.25, 0.3) is 0 Å². The van der Waals surface area contributed by atoms with E-state index in [4.69, 9.17) is 9.98 Å². The standard InChI is InChI=1S/C12H18N2O4S/c13-19(15,16)18-12-8-4-5-10(9-12)14-17-11-6-2-1-3-7-11/h4-5,8-9,11,14H,1-3,6-7H2,(H2,13,15,16). The van der Waals surface area contributed by atoms with Gasteiger partial charge in [-0.25, -0.2) is 0 Å². The molecule has 0 amide bonds. The average Bonchev–Trinajstić information content (AvgIpc) is 2.36. The van der Waals surface area contributed by atoms with E-state index in [1.54, 1.807) is 12.1 Å². The van der Waals surface area contributed by atoms with Crippen LogP contribution in [0.4, 0.5) is 5.69 Å². The molecular formula is C12H18N2O4S. The first kappa shape index (κ1) is 14.1. The number of hydrogen-bond donors (Lipinski definition) is 2. The van der Waals surface area contributed by atoms with Crippen LogP contribution in [0, 0.1) is 0 Å². The van der Waals surface area contributed by atoms with Gasteiger partial charge in [0.15, 0.2) is 0 Å². The lowest BCUT2D eigenvalue weighted by molar-refractivity contribution is 0.0685. The Morgan fingerprint density at radius 3 is 2.63 bits per heavy atom. The maximum absolute atomic E-state index is 10.8. The number of anilines is 1. The Kier molecular flexibility index (Phi) is 4.62. The highest BCUT2D eigenvalue weighted by Crippen LogP contribution is 2.22. The number of rotatable bonds is 5. The predicted octanol–water partition coefficient (Wildman–Crippen LogP) is 1.95. The van der Waals surface area contributed by atoms with E-state index in [2.05, 4.69) is 9.66 Å². The molecule has 0 unspecified atom stereocenters. The smallest absolute Gasteiger partial charge is 0.371 e. The van der Waals surface area contributed by atoms with Gasteiger partial charge in [-0.2, -0.15) is 13.6 Å². The molecule has 0 saturated heterocycles. The molecule has 0 atom stereocenters. The topological polar surface area (TPSA) is 90.7 Å². The minimum Gasteiger partial charge on any atom is -0.371 e. The Morgan fingerprint density at radius 2 is 1.95 bits per heavy atom. The molecule has 3 N–H and O–H groups in total. The first-order valence-corrected chi connectivity index (χ1v) is 7.74. The summed E-state index contributed by atoms with van der Waals surface area (Å²) in [6, 6.07) is 6.45. The van der Waals surface area contributed by atoms with Crippen molar-refractivity contribution in [3.05, 3.63) is 24.3 Å².